The first-order valence-electron chi connectivity index (χ1n) is 4.67. The van der Waals surface area contributed by atoms with E-state index in [0.717, 1.165) is 19.2 Å². The largest absolute Gasteiger partial charge is 0.543 e. The van der Waals surface area contributed by atoms with Crippen LogP contribution in [-0.2, 0) is 16.9 Å². The van der Waals surface area contributed by atoms with E-state index in [0.29, 0.717) is 0 Å². The molecule has 1 aromatic rings. The van der Waals surface area contributed by atoms with Crippen LogP contribution in [0.2, 0.25) is 0 Å². The van der Waals surface area contributed by atoms with Crippen molar-refractivity contribution in [3.8, 4) is 0 Å². The highest BCUT2D eigenvalue weighted by Gasteiger charge is 2.57. The smallest absolute Gasteiger partial charge is 0.421 e. The van der Waals surface area contributed by atoms with Gasteiger partial charge in [0.25, 0.3) is 0 Å². The summed E-state index contributed by atoms with van der Waals surface area (Å²) in [6, 6.07) is 0.852. The van der Waals surface area contributed by atoms with Gasteiger partial charge in [0.2, 0.25) is 0 Å². The van der Waals surface area contributed by atoms with Crippen LogP contribution in [-0.4, -0.2) is 17.1 Å². The Morgan fingerprint density at radius 3 is 2.76 bits per heavy atom. The summed E-state index contributed by atoms with van der Waals surface area (Å²) in [5, 5.41) is 10.6. The van der Waals surface area contributed by atoms with Gasteiger partial charge in [0.1, 0.15) is 0 Å². The van der Waals surface area contributed by atoms with E-state index in [4.69, 9.17) is 4.74 Å². The van der Waals surface area contributed by atoms with Gasteiger partial charge in [-0.15, -0.1) is 0 Å². The molecule has 2 heterocycles. The number of aromatic carboxylic acids is 1. The second-order valence-electron chi connectivity index (χ2n) is 3.83. The molecule has 0 amide bonds. The summed E-state index contributed by atoms with van der Waals surface area (Å²) < 4.78 is 43.3. The van der Waals surface area contributed by atoms with Crippen LogP contribution in [0.4, 0.5) is 13.2 Å². The molecule has 0 saturated heterocycles. The van der Waals surface area contributed by atoms with Gasteiger partial charge in [-0.05, 0) is 13.0 Å². The Morgan fingerprint density at radius 1 is 1.59 bits per heavy atom. The minimum absolute atomic E-state index is 0.223. The molecule has 1 atom stereocenters. The van der Waals surface area contributed by atoms with Crippen molar-refractivity contribution in [2.24, 2.45) is 0 Å². The Labute approximate surface area is 94.0 Å². The highest BCUT2D eigenvalue weighted by atomic mass is 19.4. The summed E-state index contributed by atoms with van der Waals surface area (Å²) in [6.45, 7) is 0.615. The minimum Gasteiger partial charge on any atom is -0.543 e. The molecule has 2 rings (SSSR count). The molecule has 0 radical (unpaired) electrons. The molecule has 1 aromatic heterocycles. The van der Waals surface area contributed by atoms with Gasteiger partial charge in [-0.1, -0.05) is 0 Å². The van der Waals surface area contributed by atoms with Crippen LogP contribution in [0.25, 0.3) is 0 Å². The first-order chi connectivity index (χ1) is 7.75. The van der Waals surface area contributed by atoms with Crippen molar-refractivity contribution in [2.75, 3.05) is 0 Å². The molecular formula is C10H7F3NO3-. The Balaban J connectivity index is 2.57. The topological polar surface area (TPSA) is 62.2 Å². The number of carbonyl (C=O) groups excluding carboxylic acids is 1. The third-order valence-electron chi connectivity index (χ3n) is 2.77. The van der Waals surface area contributed by atoms with E-state index in [2.05, 4.69) is 4.98 Å². The second kappa shape index (κ2) is 3.43. The van der Waals surface area contributed by atoms with Gasteiger partial charge in [0.05, 0.1) is 18.3 Å². The van der Waals surface area contributed by atoms with Crippen LogP contribution in [0.1, 0.15) is 28.5 Å². The molecular weight excluding hydrogens is 239 g/mol. The van der Waals surface area contributed by atoms with E-state index in [1.807, 2.05) is 0 Å². The van der Waals surface area contributed by atoms with Crippen molar-refractivity contribution >= 4 is 5.97 Å². The fourth-order valence-corrected chi connectivity index (χ4v) is 1.69. The van der Waals surface area contributed by atoms with Gasteiger partial charge in [-0.25, -0.2) is 0 Å². The van der Waals surface area contributed by atoms with Crippen molar-refractivity contribution in [3.05, 3.63) is 29.1 Å². The van der Waals surface area contributed by atoms with Gasteiger partial charge >= 0.3 is 6.18 Å². The summed E-state index contributed by atoms with van der Waals surface area (Å²) in [5.41, 5.74) is -3.02. The molecule has 1 unspecified atom stereocenters. The fraction of sp³-hybridized carbons (Fsp3) is 0.400. The van der Waals surface area contributed by atoms with Crippen LogP contribution in [0, 0.1) is 0 Å². The standard InChI is InChI=1S/C10H8F3NO3/c1-9(10(11,12)13)6-2-7(8(15)16)14-3-5(6)4-17-9/h2-3H,4H2,1H3,(H,15,16)/p-1. The number of hydrogen-bond donors (Lipinski definition) is 0. The Bertz CT molecular complexity index is 486. The average molecular weight is 246 g/mol. The fourth-order valence-electron chi connectivity index (χ4n) is 1.69. The number of alkyl halides is 3. The molecule has 92 valence electrons. The van der Waals surface area contributed by atoms with Gasteiger partial charge < -0.3 is 14.6 Å². The number of fused-ring (bicyclic) bond motifs is 1. The Morgan fingerprint density at radius 2 is 2.24 bits per heavy atom. The molecule has 4 nitrogen and oxygen atoms in total. The van der Waals surface area contributed by atoms with Crippen molar-refractivity contribution in [2.45, 2.75) is 25.3 Å². The molecule has 7 heteroatoms. The Kier molecular flexibility index (Phi) is 2.39. The zero-order valence-electron chi connectivity index (χ0n) is 8.67. The average Bonchev–Trinajstić information content (AvgIpc) is 2.56. The minimum atomic E-state index is -4.62. The predicted octanol–water partition coefficient (Wildman–Crippen LogP) is 0.753. The van der Waals surface area contributed by atoms with Crippen LogP contribution < -0.4 is 5.11 Å². The molecule has 0 aliphatic carbocycles. The number of carboxylic acid groups (broad SMARTS) is 1. The number of carbonyl (C=O) groups is 1. The maximum atomic E-state index is 12.8. The first-order valence-corrected chi connectivity index (χ1v) is 4.67. The molecule has 0 fully saturated rings. The van der Waals surface area contributed by atoms with Crippen molar-refractivity contribution < 1.29 is 27.8 Å². The van der Waals surface area contributed by atoms with Crippen molar-refractivity contribution in [1.82, 2.24) is 4.98 Å². The van der Waals surface area contributed by atoms with E-state index >= 15 is 0 Å². The molecule has 0 N–H and O–H groups in total. The van der Waals surface area contributed by atoms with Crippen LogP contribution in [0.5, 0.6) is 0 Å². The zero-order valence-corrected chi connectivity index (χ0v) is 8.67. The Hall–Kier alpha value is -1.63. The van der Waals surface area contributed by atoms with E-state index in [1.165, 1.54) is 0 Å². The lowest BCUT2D eigenvalue weighted by Crippen LogP contribution is -2.39. The van der Waals surface area contributed by atoms with Crippen LogP contribution in [0.15, 0.2) is 12.3 Å². The molecule has 17 heavy (non-hydrogen) atoms. The van der Waals surface area contributed by atoms with E-state index in [-0.39, 0.29) is 17.7 Å². The normalized spacial score (nSPS) is 23.5. The zero-order chi connectivity index (χ0) is 12.8. The number of pyridine rings is 1. The van der Waals surface area contributed by atoms with Crippen molar-refractivity contribution in [3.63, 3.8) is 0 Å². The quantitative estimate of drug-likeness (QED) is 0.733. The SMILES string of the molecule is CC1(C(F)(F)F)OCc2cnc(C(=O)[O-])cc21. The number of ether oxygens (including phenoxy) is 1. The second-order valence-corrected chi connectivity index (χ2v) is 3.83. The predicted molar refractivity (Wildman–Crippen MR) is 46.8 cm³/mol. The number of aromatic nitrogens is 1. The van der Waals surface area contributed by atoms with Gasteiger partial charge in [-0.2, -0.15) is 13.2 Å². The molecule has 0 saturated carbocycles. The van der Waals surface area contributed by atoms with E-state index in [9.17, 15) is 23.1 Å². The molecule has 1 aliphatic rings. The number of hydrogen-bond acceptors (Lipinski definition) is 4. The highest BCUT2D eigenvalue weighted by molar-refractivity contribution is 5.83. The molecule has 0 bridgehead atoms. The lowest BCUT2D eigenvalue weighted by Gasteiger charge is -2.27. The first kappa shape index (κ1) is 11.8. The monoisotopic (exact) mass is 246 g/mol. The molecule has 0 aromatic carbocycles. The third-order valence-corrected chi connectivity index (χ3v) is 2.77. The maximum Gasteiger partial charge on any atom is 0.421 e. The summed E-state index contributed by atoms with van der Waals surface area (Å²) in [6.07, 6.45) is -3.56. The summed E-state index contributed by atoms with van der Waals surface area (Å²) in [4.78, 5) is 14.1. The van der Waals surface area contributed by atoms with Crippen LogP contribution >= 0.6 is 0 Å². The number of nitrogens with zero attached hydrogens (tertiary/aromatic N) is 1. The number of rotatable bonds is 1. The van der Waals surface area contributed by atoms with E-state index < -0.39 is 23.4 Å². The summed E-state index contributed by atoms with van der Waals surface area (Å²) >= 11 is 0. The van der Waals surface area contributed by atoms with Crippen molar-refractivity contribution in [1.29, 1.82) is 0 Å². The van der Waals surface area contributed by atoms with Gasteiger partial charge in [-0.3, -0.25) is 4.98 Å². The lowest BCUT2D eigenvalue weighted by molar-refractivity contribution is -0.272. The molecule has 0 spiro atoms. The highest BCUT2D eigenvalue weighted by Crippen LogP contribution is 2.47. The van der Waals surface area contributed by atoms with Crippen LogP contribution in [0.3, 0.4) is 0 Å². The van der Waals surface area contributed by atoms with Gasteiger partial charge in [0.15, 0.2) is 5.60 Å². The number of carboxylic acids is 1. The summed E-state index contributed by atoms with van der Waals surface area (Å²) in [5.74, 6) is -1.62. The van der Waals surface area contributed by atoms with Gasteiger partial charge in [0, 0.05) is 17.3 Å². The number of halogens is 3. The van der Waals surface area contributed by atoms with E-state index in [1.54, 1.807) is 0 Å². The summed E-state index contributed by atoms with van der Waals surface area (Å²) in [7, 11) is 0. The maximum absolute atomic E-state index is 12.8. The third kappa shape index (κ3) is 1.66. The molecule has 1 aliphatic heterocycles. The lowest BCUT2D eigenvalue weighted by atomic mass is 9.94.